The molecule has 2 rings (SSSR count). The molecule has 0 unspecified atom stereocenters. The molecular weight excluding hydrogens is 280 g/mol. The number of nitrogens with two attached hydrogens (primary N) is 1. The number of anilines is 2. The molecule has 1 aromatic rings. The van der Waals surface area contributed by atoms with E-state index in [9.17, 15) is 17.2 Å². The summed E-state index contributed by atoms with van der Waals surface area (Å²) < 4.78 is 58.5. The average Bonchev–Trinajstić information content (AvgIpc) is 2.35. The van der Waals surface area contributed by atoms with E-state index in [2.05, 4.69) is 0 Å². The average molecular weight is 293 g/mol. The standard InChI is InChI=1S/C10H13F2N3O3S/c11-7-5-8(12)10(9(13)6-7)14-19(16,17)15-1-3-18-4-2-15/h5-6,14H,1-4,13H2. The molecule has 3 N–H and O–H groups in total. The zero-order valence-corrected chi connectivity index (χ0v) is 10.7. The lowest BCUT2D eigenvalue weighted by atomic mass is 10.2. The summed E-state index contributed by atoms with van der Waals surface area (Å²) >= 11 is 0. The first-order valence-corrected chi connectivity index (χ1v) is 6.94. The van der Waals surface area contributed by atoms with Gasteiger partial charge in [0, 0.05) is 19.2 Å². The highest BCUT2D eigenvalue weighted by molar-refractivity contribution is 7.90. The Hall–Kier alpha value is -1.45. The Balaban J connectivity index is 2.25. The van der Waals surface area contributed by atoms with Crippen molar-refractivity contribution in [2.45, 2.75) is 0 Å². The highest BCUT2D eigenvalue weighted by Crippen LogP contribution is 2.25. The first-order chi connectivity index (χ1) is 8.90. The van der Waals surface area contributed by atoms with Crippen LogP contribution in [-0.4, -0.2) is 39.0 Å². The van der Waals surface area contributed by atoms with Crippen molar-refractivity contribution >= 4 is 21.6 Å². The molecule has 19 heavy (non-hydrogen) atoms. The van der Waals surface area contributed by atoms with Crippen LogP contribution in [0.1, 0.15) is 0 Å². The van der Waals surface area contributed by atoms with Crippen LogP contribution < -0.4 is 10.5 Å². The number of nitrogens with zero attached hydrogens (tertiary/aromatic N) is 1. The summed E-state index contributed by atoms with van der Waals surface area (Å²) in [6, 6.07) is 1.41. The lowest BCUT2D eigenvalue weighted by Crippen LogP contribution is -2.43. The van der Waals surface area contributed by atoms with Crippen LogP contribution in [0.5, 0.6) is 0 Å². The monoisotopic (exact) mass is 293 g/mol. The molecule has 0 saturated carbocycles. The summed E-state index contributed by atoms with van der Waals surface area (Å²) in [6.45, 7) is 0.862. The number of nitrogen functional groups attached to an aromatic ring is 1. The number of ether oxygens (including phenoxy) is 1. The Morgan fingerprint density at radius 2 is 1.89 bits per heavy atom. The molecule has 106 valence electrons. The Bertz CT molecular complexity index is 550. The Morgan fingerprint density at radius 3 is 2.47 bits per heavy atom. The van der Waals surface area contributed by atoms with Crippen molar-refractivity contribution in [3.05, 3.63) is 23.8 Å². The maximum atomic E-state index is 13.5. The maximum Gasteiger partial charge on any atom is 0.301 e. The van der Waals surface area contributed by atoms with Gasteiger partial charge in [0.25, 0.3) is 0 Å². The van der Waals surface area contributed by atoms with E-state index in [1.165, 1.54) is 0 Å². The molecule has 0 spiro atoms. The van der Waals surface area contributed by atoms with Crippen LogP contribution in [0.3, 0.4) is 0 Å². The van der Waals surface area contributed by atoms with E-state index in [4.69, 9.17) is 10.5 Å². The smallest absolute Gasteiger partial charge is 0.301 e. The molecule has 9 heteroatoms. The molecule has 0 aliphatic carbocycles. The quantitative estimate of drug-likeness (QED) is 0.796. The van der Waals surface area contributed by atoms with Crippen LogP contribution in [0.15, 0.2) is 12.1 Å². The van der Waals surface area contributed by atoms with E-state index in [1.54, 1.807) is 0 Å². The topological polar surface area (TPSA) is 84.7 Å². The molecule has 1 aliphatic rings. The van der Waals surface area contributed by atoms with Crippen molar-refractivity contribution in [1.82, 2.24) is 4.31 Å². The lowest BCUT2D eigenvalue weighted by molar-refractivity contribution is 0.0733. The van der Waals surface area contributed by atoms with E-state index in [1.807, 2.05) is 4.72 Å². The van der Waals surface area contributed by atoms with Crippen LogP contribution in [0.2, 0.25) is 0 Å². The largest absolute Gasteiger partial charge is 0.397 e. The number of halogens is 2. The third-order valence-electron chi connectivity index (χ3n) is 2.63. The van der Waals surface area contributed by atoms with Gasteiger partial charge in [-0.2, -0.15) is 12.7 Å². The lowest BCUT2D eigenvalue weighted by Gasteiger charge is -2.26. The molecule has 0 amide bonds. The summed E-state index contributed by atoms with van der Waals surface area (Å²) in [7, 11) is -3.93. The van der Waals surface area contributed by atoms with Gasteiger partial charge in [0.05, 0.1) is 18.9 Å². The molecule has 0 atom stereocenters. The molecule has 1 aliphatic heterocycles. The summed E-state index contributed by atoms with van der Waals surface area (Å²) in [5, 5.41) is 0. The van der Waals surface area contributed by atoms with Gasteiger partial charge in [0.15, 0.2) is 5.82 Å². The predicted molar refractivity (Wildman–Crippen MR) is 65.7 cm³/mol. The van der Waals surface area contributed by atoms with E-state index < -0.39 is 27.5 Å². The molecule has 1 aromatic carbocycles. The zero-order chi connectivity index (χ0) is 14.0. The second-order valence-corrected chi connectivity index (χ2v) is 5.64. The Labute approximate surface area is 109 Å². The van der Waals surface area contributed by atoms with E-state index >= 15 is 0 Å². The van der Waals surface area contributed by atoms with Crippen LogP contribution in [0.25, 0.3) is 0 Å². The van der Waals surface area contributed by atoms with E-state index in [-0.39, 0.29) is 32.0 Å². The number of nitrogens with one attached hydrogen (secondary N) is 1. The number of hydrogen-bond acceptors (Lipinski definition) is 4. The number of hydrogen-bond donors (Lipinski definition) is 2. The minimum absolute atomic E-state index is 0.165. The maximum absolute atomic E-state index is 13.5. The number of benzene rings is 1. The molecule has 0 bridgehead atoms. The van der Waals surface area contributed by atoms with Gasteiger partial charge >= 0.3 is 10.2 Å². The second kappa shape index (κ2) is 5.27. The first kappa shape index (κ1) is 14.0. The van der Waals surface area contributed by atoms with Gasteiger partial charge in [-0.3, -0.25) is 4.72 Å². The molecule has 6 nitrogen and oxygen atoms in total. The van der Waals surface area contributed by atoms with Crippen LogP contribution in [0.4, 0.5) is 20.2 Å². The van der Waals surface area contributed by atoms with Crippen molar-refractivity contribution in [2.75, 3.05) is 36.8 Å². The molecule has 0 aromatic heterocycles. The molecule has 1 heterocycles. The van der Waals surface area contributed by atoms with Crippen LogP contribution in [-0.2, 0) is 14.9 Å². The zero-order valence-electron chi connectivity index (χ0n) is 9.90. The SMILES string of the molecule is Nc1cc(F)cc(F)c1NS(=O)(=O)N1CCOCC1. The third-order valence-corrected chi connectivity index (χ3v) is 4.13. The Kier molecular flexibility index (Phi) is 3.88. The van der Waals surface area contributed by atoms with Gasteiger partial charge in [0.1, 0.15) is 11.5 Å². The number of rotatable bonds is 3. The minimum atomic E-state index is -3.93. The minimum Gasteiger partial charge on any atom is -0.397 e. The van der Waals surface area contributed by atoms with Gasteiger partial charge in [-0.25, -0.2) is 8.78 Å². The fourth-order valence-corrected chi connectivity index (χ4v) is 2.91. The predicted octanol–water partition coefficient (Wildman–Crippen LogP) is 0.536. The second-order valence-electron chi connectivity index (χ2n) is 3.97. The fraction of sp³-hybridized carbons (Fsp3) is 0.400. The summed E-state index contributed by atoms with van der Waals surface area (Å²) in [5.41, 5.74) is 4.65. The van der Waals surface area contributed by atoms with Crippen LogP contribution >= 0.6 is 0 Å². The van der Waals surface area contributed by atoms with Crippen LogP contribution in [0, 0.1) is 11.6 Å². The van der Waals surface area contributed by atoms with Crippen molar-refractivity contribution in [3.8, 4) is 0 Å². The van der Waals surface area contributed by atoms with E-state index in [0.717, 1.165) is 10.4 Å². The third kappa shape index (κ3) is 3.11. The molecule has 1 fully saturated rings. The highest BCUT2D eigenvalue weighted by Gasteiger charge is 2.26. The number of morpholine rings is 1. The first-order valence-electron chi connectivity index (χ1n) is 5.50. The summed E-state index contributed by atoms with van der Waals surface area (Å²) in [5.74, 6) is -1.93. The van der Waals surface area contributed by atoms with Gasteiger partial charge in [0.2, 0.25) is 0 Å². The van der Waals surface area contributed by atoms with Crippen molar-refractivity contribution in [1.29, 1.82) is 0 Å². The highest BCUT2D eigenvalue weighted by atomic mass is 32.2. The van der Waals surface area contributed by atoms with Crippen molar-refractivity contribution < 1.29 is 21.9 Å². The summed E-state index contributed by atoms with van der Waals surface area (Å²) in [6.07, 6.45) is 0. The fourth-order valence-electron chi connectivity index (χ4n) is 1.68. The van der Waals surface area contributed by atoms with Gasteiger partial charge in [-0.1, -0.05) is 0 Å². The van der Waals surface area contributed by atoms with Crippen molar-refractivity contribution in [3.63, 3.8) is 0 Å². The van der Waals surface area contributed by atoms with Gasteiger partial charge in [-0.15, -0.1) is 0 Å². The molecule has 1 saturated heterocycles. The Morgan fingerprint density at radius 1 is 1.26 bits per heavy atom. The van der Waals surface area contributed by atoms with Crippen molar-refractivity contribution in [2.24, 2.45) is 0 Å². The van der Waals surface area contributed by atoms with Gasteiger partial charge in [-0.05, 0) is 6.07 Å². The van der Waals surface area contributed by atoms with Gasteiger partial charge < -0.3 is 10.5 Å². The molecule has 0 radical (unpaired) electrons. The normalized spacial score (nSPS) is 17.4. The van der Waals surface area contributed by atoms with E-state index in [0.29, 0.717) is 6.07 Å². The molecular formula is C10H13F2N3O3S. The summed E-state index contributed by atoms with van der Waals surface area (Å²) in [4.78, 5) is 0.